The molecule has 3 aliphatic rings. The second-order valence-electron chi connectivity index (χ2n) is 15.1. The van der Waals surface area contributed by atoms with Crippen LogP contribution in [0.5, 0.6) is 0 Å². The summed E-state index contributed by atoms with van der Waals surface area (Å²) >= 11 is 0. The molecule has 56 heavy (non-hydrogen) atoms. The maximum Gasteiger partial charge on any atom is 0.145 e. The number of nitrogens with zero attached hydrogens (tertiary/aromatic N) is 2. The average Bonchev–Trinajstić information content (AvgIpc) is 3.61. The minimum absolute atomic E-state index is 0.0997. The molecule has 11 rings (SSSR count). The first-order valence-electron chi connectivity index (χ1n) is 19.3. The van der Waals surface area contributed by atoms with Crippen LogP contribution in [0.2, 0.25) is 0 Å². The molecule has 0 bridgehead atoms. The number of imidazole rings is 1. The number of allylic oxidation sites excluding steroid dienone is 2. The molecule has 4 heteroatoms. The quantitative estimate of drug-likeness (QED) is 0.186. The summed E-state index contributed by atoms with van der Waals surface area (Å²) in [5, 5.41) is 7.83. The highest BCUT2D eigenvalue weighted by Gasteiger charge is 2.37. The lowest BCUT2D eigenvalue weighted by Crippen LogP contribution is -2.58. The summed E-state index contributed by atoms with van der Waals surface area (Å²) in [6, 6.07) is 61.4. The number of hydrogen-bond donors (Lipinski definition) is 2. The maximum atomic E-state index is 5.32. The van der Waals surface area contributed by atoms with Gasteiger partial charge in [-0.05, 0) is 87.3 Å². The molecule has 0 radical (unpaired) electrons. The Morgan fingerprint density at radius 2 is 1.12 bits per heavy atom. The Morgan fingerprint density at radius 1 is 0.536 bits per heavy atom. The molecule has 0 fully saturated rings. The highest BCUT2D eigenvalue weighted by Crippen LogP contribution is 2.45. The second-order valence-corrected chi connectivity index (χ2v) is 15.1. The van der Waals surface area contributed by atoms with Crippen molar-refractivity contribution in [1.29, 1.82) is 0 Å². The van der Waals surface area contributed by atoms with E-state index < -0.39 is 5.66 Å². The van der Waals surface area contributed by atoms with Gasteiger partial charge in [-0.25, -0.2) is 4.98 Å². The molecule has 1 aromatic heterocycles. The first-order chi connectivity index (χ1) is 27.6. The van der Waals surface area contributed by atoms with Crippen LogP contribution in [0.3, 0.4) is 0 Å². The van der Waals surface area contributed by atoms with Crippen molar-refractivity contribution in [3.05, 3.63) is 211 Å². The van der Waals surface area contributed by atoms with Crippen LogP contribution < -0.4 is 10.6 Å². The van der Waals surface area contributed by atoms with E-state index in [0.29, 0.717) is 0 Å². The summed E-state index contributed by atoms with van der Waals surface area (Å²) in [5.41, 5.74) is 18.2. The smallest absolute Gasteiger partial charge is 0.145 e. The number of hydrogen-bond acceptors (Lipinski definition) is 3. The van der Waals surface area contributed by atoms with Gasteiger partial charge in [0.2, 0.25) is 0 Å². The number of rotatable bonds is 5. The van der Waals surface area contributed by atoms with Gasteiger partial charge in [-0.2, -0.15) is 0 Å². The Kier molecular flexibility index (Phi) is 7.41. The van der Waals surface area contributed by atoms with Gasteiger partial charge >= 0.3 is 0 Å². The highest BCUT2D eigenvalue weighted by atomic mass is 15.2. The first kappa shape index (κ1) is 32.4. The topological polar surface area (TPSA) is 41.9 Å². The zero-order valence-corrected chi connectivity index (χ0v) is 30.9. The zero-order valence-electron chi connectivity index (χ0n) is 30.9. The molecule has 2 N–H and O–H groups in total. The van der Waals surface area contributed by atoms with Crippen LogP contribution in [0, 0.1) is 0 Å². The van der Waals surface area contributed by atoms with E-state index >= 15 is 0 Å². The fourth-order valence-electron chi connectivity index (χ4n) is 8.92. The molecule has 0 saturated heterocycles. The van der Waals surface area contributed by atoms with E-state index in [1.54, 1.807) is 0 Å². The molecule has 1 aliphatic carbocycles. The van der Waals surface area contributed by atoms with Gasteiger partial charge in [-0.3, -0.25) is 9.88 Å². The van der Waals surface area contributed by atoms with Gasteiger partial charge in [0, 0.05) is 22.4 Å². The Balaban J connectivity index is 0.974. The van der Waals surface area contributed by atoms with Crippen molar-refractivity contribution in [2.45, 2.75) is 18.6 Å². The number of nitrogens with one attached hydrogen (secondary N) is 2. The predicted molar refractivity (Wildman–Crippen MR) is 231 cm³/mol. The molecule has 0 spiro atoms. The van der Waals surface area contributed by atoms with Gasteiger partial charge in [0.1, 0.15) is 11.5 Å². The van der Waals surface area contributed by atoms with Crippen LogP contribution in [-0.4, -0.2) is 15.6 Å². The third-order valence-corrected chi connectivity index (χ3v) is 11.6. The number of para-hydroxylation sites is 2. The Morgan fingerprint density at radius 3 is 1.91 bits per heavy atom. The van der Waals surface area contributed by atoms with Gasteiger partial charge in [-0.15, -0.1) is 0 Å². The van der Waals surface area contributed by atoms with E-state index in [-0.39, 0.29) is 6.04 Å². The summed E-state index contributed by atoms with van der Waals surface area (Å²) in [6.07, 6.45) is 8.71. The predicted octanol–water partition coefficient (Wildman–Crippen LogP) is 11.9. The third-order valence-electron chi connectivity index (χ3n) is 11.6. The fraction of sp³-hybridized carbons (Fsp3) is 0.0577. The third kappa shape index (κ3) is 5.22. The summed E-state index contributed by atoms with van der Waals surface area (Å²) in [6.45, 7) is 2.24. The maximum absolute atomic E-state index is 5.32. The second kappa shape index (κ2) is 12.8. The van der Waals surface area contributed by atoms with E-state index in [1.807, 2.05) is 0 Å². The molecule has 7 aromatic carbocycles. The first-order valence-corrected chi connectivity index (χ1v) is 19.3. The van der Waals surface area contributed by atoms with Gasteiger partial charge in [0.15, 0.2) is 0 Å². The molecule has 3 heterocycles. The van der Waals surface area contributed by atoms with Crippen LogP contribution >= 0.6 is 0 Å². The molecule has 266 valence electrons. The van der Waals surface area contributed by atoms with E-state index in [9.17, 15) is 0 Å². The summed E-state index contributed by atoms with van der Waals surface area (Å²) in [4.78, 5) is 5.32. The Bertz CT molecular complexity index is 2950. The number of aromatic nitrogens is 2. The van der Waals surface area contributed by atoms with E-state index in [4.69, 9.17) is 4.98 Å². The summed E-state index contributed by atoms with van der Waals surface area (Å²) in [7, 11) is 0. The number of benzene rings is 7. The van der Waals surface area contributed by atoms with Crippen molar-refractivity contribution in [1.82, 2.24) is 20.2 Å². The largest absolute Gasteiger partial charge is 0.363 e. The normalized spacial score (nSPS) is 17.8. The molecule has 2 unspecified atom stereocenters. The summed E-state index contributed by atoms with van der Waals surface area (Å²) < 4.78 is 2.37. The zero-order chi connectivity index (χ0) is 37.2. The van der Waals surface area contributed by atoms with Crippen LogP contribution in [-0.2, 0) is 5.66 Å². The lowest BCUT2D eigenvalue weighted by molar-refractivity contribution is 0.305. The molecule has 2 atom stereocenters. The van der Waals surface area contributed by atoms with Crippen LogP contribution in [0.4, 0.5) is 0 Å². The average molecular weight is 719 g/mol. The number of fused-ring (bicyclic) bond motifs is 6. The van der Waals surface area contributed by atoms with Crippen molar-refractivity contribution in [3.8, 4) is 61.6 Å². The van der Waals surface area contributed by atoms with Crippen molar-refractivity contribution in [2.24, 2.45) is 0 Å². The monoisotopic (exact) mass is 718 g/mol. The minimum Gasteiger partial charge on any atom is -0.363 e. The van der Waals surface area contributed by atoms with Gasteiger partial charge < -0.3 is 5.32 Å². The van der Waals surface area contributed by atoms with E-state index in [0.717, 1.165) is 44.9 Å². The van der Waals surface area contributed by atoms with Gasteiger partial charge in [-0.1, -0.05) is 164 Å². The Hall–Kier alpha value is -7.01. The molecule has 8 aromatic rings. The fourth-order valence-corrected chi connectivity index (χ4v) is 8.92. The van der Waals surface area contributed by atoms with Crippen molar-refractivity contribution >= 4 is 16.7 Å². The van der Waals surface area contributed by atoms with E-state index in [2.05, 4.69) is 216 Å². The van der Waals surface area contributed by atoms with E-state index in [1.165, 1.54) is 50.1 Å². The minimum atomic E-state index is -0.496. The van der Waals surface area contributed by atoms with Crippen molar-refractivity contribution < 1.29 is 0 Å². The van der Waals surface area contributed by atoms with Gasteiger partial charge in [0.25, 0.3) is 0 Å². The standard InChI is InChI=1S/C52H38N4/c1-52(54-46-28-9-7-26-45(46)49(55-52)34-15-3-2-4-16-34)40-22-13-20-38(33-40)36-18-11-17-35(31-36)37-19-12-21-39(32-37)51-53-47-29-14-27-44-42-24-6-5-23-41(42)43-25-8-10-30-48(43)56(51)50(44)47/h2-33,46,54-55H,1H3. The Labute approximate surface area is 326 Å². The molecule has 0 saturated carbocycles. The molecule has 0 amide bonds. The van der Waals surface area contributed by atoms with Crippen molar-refractivity contribution in [3.63, 3.8) is 0 Å². The SMILES string of the molecule is CC1(c2cccc(-c3cccc(-c4cccc(-c5nc6cccc7c6n5-c5ccccc5-c5ccccc5-7)c4)c3)c2)NC(c2ccccc2)=C2C=CC=CC2N1. The van der Waals surface area contributed by atoms with Gasteiger partial charge in [0.05, 0.1) is 22.8 Å². The van der Waals surface area contributed by atoms with Crippen molar-refractivity contribution in [2.75, 3.05) is 0 Å². The molecule has 2 aliphatic heterocycles. The highest BCUT2D eigenvalue weighted by molar-refractivity contribution is 6.03. The molecular formula is C52H38N4. The lowest BCUT2D eigenvalue weighted by Gasteiger charge is -2.43. The van der Waals surface area contributed by atoms with Crippen LogP contribution in [0.1, 0.15) is 18.1 Å². The lowest BCUT2D eigenvalue weighted by atomic mass is 9.87. The van der Waals surface area contributed by atoms with Crippen LogP contribution in [0.15, 0.2) is 200 Å². The molecule has 4 nitrogen and oxygen atoms in total. The molecular weight excluding hydrogens is 681 g/mol. The van der Waals surface area contributed by atoms with Crippen LogP contribution in [0.25, 0.3) is 78.3 Å². The summed E-state index contributed by atoms with van der Waals surface area (Å²) in [5.74, 6) is 0.939.